The largest absolute Gasteiger partial charge is 0.471 e. The minimum absolute atomic E-state index is 0.257. The van der Waals surface area contributed by atoms with Crippen LogP contribution in [0.25, 0.3) is 6.08 Å². The van der Waals surface area contributed by atoms with Gasteiger partial charge < -0.3 is 19.5 Å². The standard InChI is InChI=1S/C15H23N3O3/c1-5-9-12-15(16-6-2)18-13(10-17-12)21-11-14(19-7-3)20-8-4/h5-6,9-10,14H,2,7-8,11H2,1,3-4H3,(H,16,18)/b9-5-. The fraction of sp³-hybridized carbons (Fsp3) is 0.467. The van der Waals surface area contributed by atoms with E-state index in [1.807, 2.05) is 32.9 Å². The molecule has 1 N–H and O–H groups in total. The zero-order valence-electron chi connectivity index (χ0n) is 12.8. The fourth-order valence-electron chi connectivity index (χ4n) is 1.60. The van der Waals surface area contributed by atoms with E-state index in [0.717, 1.165) is 5.69 Å². The summed E-state index contributed by atoms with van der Waals surface area (Å²) in [5.41, 5.74) is 0.718. The molecule has 0 aromatic carbocycles. The second-order valence-corrected chi connectivity index (χ2v) is 3.94. The normalized spacial score (nSPS) is 11.0. The van der Waals surface area contributed by atoms with Crippen LogP contribution >= 0.6 is 0 Å². The van der Waals surface area contributed by atoms with Gasteiger partial charge in [0.15, 0.2) is 12.1 Å². The minimum atomic E-state index is -0.409. The Morgan fingerprint density at radius 1 is 1.33 bits per heavy atom. The molecule has 0 aliphatic rings. The minimum Gasteiger partial charge on any atom is -0.471 e. The molecule has 0 amide bonds. The zero-order chi connectivity index (χ0) is 15.5. The van der Waals surface area contributed by atoms with E-state index in [1.165, 1.54) is 0 Å². The SMILES string of the molecule is C=CNc1nc(OCC(OCC)OCC)cnc1/C=C\C. The highest BCUT2D eigenvalue weighted by Crippen LogP contribution is 2.16. The summed E-state index contributed by atoms with van der Waals surface area (Å²) in [4.78, 5) is 8.63. The molecule has 1 rings (SSSR count). The van der Waals surface area contributed by atoms with Crippen LogP contribution in [0.3, 0.4) is 0 Å². The second kappa shape index (κ2) is 9.90. The van der Waals surface area contributed by atoms with Crippen LogP contribution < -0.4 is 10.1 Å². The van der Waals surface area contributed by atoms with Gasteiger partial charge in [-0.1, -0.05) is 12.7 Å². The fourth-order valence-corrected chi connectivity index (χ4v) is 1.60. The quantitative estimate of drug-likeness (QED) is 0.669. The summed E-state index contributed by atoms with van der Waals surface area (Å²) in [6.07, 6.45) is 6.45. The van der Waals surface area contributed by atoms with Crippen LogP contribution in [0.15, 0.2) is 25.1 Å². The Hall–Kier alpha value is -1.92. The molecule has 0 unspecified atom stereocenters. The maximum absolute atomic E-state index is 5.57. The van der Waals surface area contributed by atoms with Gasteiger partial charge in [0, 0.05) is 13.2 Å². The molecular weight excluding hydrogens is 270 g/mol. The molecule has 1 heterocycles. The van der Waals surface area contributed by atoms with Gasteiger partial charge in [0.05, 0.1) is 6.20 Å². The van der Waals surface area contributed by atoms with Crippen molar-refractivity contribution in [1.29, 1.82) is 0 Å². The van der Waals surface area contributed by atoms with E-state index in [2.05, 4.69) is 21.9 Å². The molecule has 0 aliphatic heterocycles. The number of allylic oxidation sites excluding steroid dienone is 1. The lowest BCUT2D eigenvalue weighted by molar-refractivity contribution is -0.152. The highest BCUT2D eigenvalue weighted by Gasteiger charge is 2.11. The molecule has 0 spiro atoms. The van der Waals surface area contributed by atoms with E-state index < -0.39 is 6.29 Å². The van der Waals surface area contributed by atoms with Gasteiger partial charge in [0.1, 0.15) is 12.3 Å². The van der Waals surface area contributed by atoms with Crippen molar-refractivity contribution in [3.63, 3.8) is 0 Å². The number of rotatable bonds is 10. The van der Waals surface area contributed by atoms with Crippen LogP contribution in [-0.4, -0.2) is 36.1 Å². The topological polar surface area (TPSA) is 65.5 Å². The van der Waals surface area contributed by atoms with Gasteiger partial charge in [-0.25, -0.2) is 4.98 Å². The molecule has 1 aromatic rings. The van der Waals surface area contributed by atoms with Crippen LogP contribution in [0.4, 0.5) is 5.82 Å². The Bertz CT molecular complexity index is 457. The Morgan fingerprint density at radius 3 is 2.62 bits per heavy atom. The third-order valence-electron chi connectivity index (χ3n) is 2.41. The van der Waals surface area contributed by atoms with Gasteiger partial charge in [0.25, 0.3) is 0 Å². The molecule has 0 radical (unpaired) electrons. The van der Waals surface area contributed by atoms with Crippen molar-refractivity contribution < 1.29 is 14.2 Å². The van der Waals surface area contributed by atoms with Crippen molar-refractivity contribution in [1.82, 2.24) is 9.97 Å². The summed E-state index contributed by atoms with van der Waals surface area (Å²) < 4.78 is 16.4. The monoisotopic (exact) mass is 293 g/mol. The van der Waals surface area contributed by atoms with Crippen molar-refractivity contribution in [2.75, 3.05) is 25.1 Å². The highest BCUT2D eigenvalue weighted by atomic mass is 16.7. The molecule has 0 saturated carbocycles. The molecule has 0 bridgehead atoms. The summed E-state index contributed by atoms with van der Waals surface area (Å²) in [5, 5.41) is 2.94. The van der Waals surface area contributed by atoms with Gasteiger partial charge in [-0.2, -0.15) is 4.98 Å². The smallest absolute Gasteiger partial charge is 0.234 e. The van der Waals surface area contributed by atoms with Crippen LogP contribution in [0, 0.1) is 0 Å². The van der Waals surface area contributed by atoms with Gasteiger partial charge in [-0.15, -0.1) is 0 Å². The van der Waals surface area contributed by atoms with Crippen LogP contribution in [0.1, 0.15) is 26.5 Å². The van der Waals surface area contributed by atoms with E-state index in [9.17, 15) is 0 Å². The first-order valence-corrected chi connectivity index (χ1v) is 6.98. The molecule has 6 nitrogen and oxygen atoms in total. The predicted octanol–water partition coefficient (Wildman–Crippen LogP) is 2.84. The lowest BCUT2D eigenvalue weighted by Crippen LogP contribution is -2.25. The summed E-state index contributed by atoms with van der Waals surface area (Å²) in [6.45, 7) is 10.7. The van der Waals surface area contributed by atoms with Crippen molar-refractivity contribution >= 4 is 11.9 Å². The van der Waals surface area contributed by atoms with Gasteiger partial charge >= 0.3 is 0 Å². The third-order valence-corrected chi connectivity index (χ3v) is 2.41. The maximum atomic E-state index is 5.57. The number of nitrogens with one attached hydrogen (secondary N) is 1. The first-order chi connectivity index (χ1) is 10.2. The van der Waals surface area contributed by atoms with Crippen molar-refractivity contribution in [3.05, 3.63) is 30.7 Å². The molecule has 116 valence electrons. The molecular formula is C15H23N3O3. The van der Waals surface area contributed by atoms with Crippen LogP contribution in [-0.2, 0) is 9.47 Å². The summed E-state index contributed by atoms with van der Waals surface area (Å²) in [7, 11) is 0. The van der Waals surface area contributed by atoms with Gasteiger partial charge in [-0.05, 0) is 33.0 Å². The summed E-state index contributed by atoms with van der Waals surface area (Å²) in [5.74, 6) is 0.988. The van der Waals surface area contributed by atoms with Gasteiger partial charge in [-0.3, -0.25) is 0 Å². The molecule has 0 fully saturated rings. The van der Waals surface area contributed by atoms with Crippen LogP contribution in [0.5, 0.6) is 5.88 Å². The van der Waals surface area contributed by atoms with Crippen molar-refractivity contribution in [3.8, 4) is 5.88 Å². The maximum Gasteiger partial charge on any atom is 0.234 e. The third kappa shape index (κ3) is 5.93. The summed E-state index contributed by atoms with van der Waals surface area (Å²) in [6, 6.07) is 0. The Balaban J connectivity index is 2.74. The number of anilines is 1. The molecule has 0 saturated heterocycles. The first-order valence-electron chi connectivity index (χ1n) is 6.98. The lowest BCUT2D eigenvalue weighted by atomic mass is 10.3. The van der Waals surface area contributed by atoms with Gasteiger partial charge in [0.2, 0.25) is 5.88 Å². The molecule has 1 aromatic heterocycles. The first kappa shape index (κ1) is 17.1. The molecule has 21 heavy (non-hydrogen) atoms. The summed E-state index contributed by atoms with van der Waals surface area (Å²) >= 11 is 0. The number of nitrogens with zero attached hydrogens (tertiary/aromatic N) is 2. The Morgan fingerprint density at radius 2 is 2.05 bits per heavy atom. The number of hydrogen-bond donors (Lipinski definition) is 1. The van der Waals surface area contributed by atoms with Crippen LogP contribution in [0.2, 0.25) is 0 Å². The predicted molar refractivity (Wildman–Crippen MR) is 83.1 cm³/mol. The van der Waals surface area contributed by atoms with E-state index in [-0.39, 0.29) is 6.61 Å². The van der Waals surface area contributed by atoms with E-state index >= 15 is 0 Å². The highest BCUT2D eigenvalue weighted by molar-refractivity contribution is 5.60. The lowest BCUT2D eigenvalue weighted by Gasteiger charge is -2.17. The number of aromatic nitrogens is 2. The Kier molecular flexibility index (Phi) is 8.08. The van der Waals surface area contributed by atoms with E-state index in [4.69, 9.17) is 14.2 Å². The second-order valence-electron chi connectivity index (χ2n) is 3.94. The molecule has 6 heteroatoms. The average molecular weight is 293 g/mol. The van der Waals surface area contributed by atoms with Crippen molar-refractivity contribution in [2.45, 2.75) is 27.1 Å². The van der Waals surface area contributed by atoms with E-state index in [0.29, 0.717) is 24.9 Å². The van der Waals surface area contributed by atoms with Crippen molar-refractivity contribution in [2.24, 2.45) is 0 Å². The average Bonchev–Trinajstić information content (AvgIpc) is 2.48. The number of ether oxygens (including phenoxy) is 3. The molecule has 0 aliphatic carbocycles. The molecule has 0 atom stereocenters. The zero-order valence-corrected chi connectivity index (χ0v) is 12.8. The number of hydrogen-bond acceptors (Lipinski definition) is 6. The van der Waals surface area contributed by atoms with E-state index in [1.54, 1.807) is 12.4 Å². The Labute approximate surface area is 125 Å².